The van der Waals surface area contributed by atoms with Crippen molar-refractivity contribution in [1.82, 2.24) is 4.98 Å². The fraction of sp³-hybridized carbons (Fsp3) is 0.267. The molecule has 1 aromatic carbocycles. The van der Waals surface area contributed by atoms with Crippen LogP contribution >= 0.6 is 0 Å². The zero-order valence-corrected chi connectivity index (χ0v) is 12.2. The largest absolute Gasteiger partial charge is 0.481 e. The molecule has 0 atom stereocenters. The molecule has 6 nitrogen and oxygen atoms in total. The van der Waals surface area contributed by atoms with Crippen LogP contribution in [0.15, 0.2) is 29.1 Å². The number of hydrogen-bond acceptors (Lipinski definition) is 3. The van der Waals surface area contributed by atoms with Crippen LogP contribution in [0.5, 0.6) is 0 Å². The Morgan fingerprint density at radius 1 is 1.29 bits per heavy atom. The molecule has 0 aliphatic rings. The number of pyridine rings is 1. The van der Waals surface area contributed by atoms with Gasteiger partial charge in [-0.05, 0) is 30.5 Å². The van der Waals surface area contributed by atoms with Gasteiger partial charge in [0.2, 0.25) is 5.91 Å². The van der Waals surface area contributed by atoms with Crippen molar-refractivity contribution in [2.24, 2.45) is 0 Å². The third-order valence-corrected chi connectivity index (χ3v) is 2.60. The molecular formula is C15H18N2O4. The molecule has 0 spiro atoms. The van der Waals surface area contributed by atoms with Gasteiger partial charge in [-0.3, -0.25) is 14.4 Å². The number of hydrogen-bond donors (Lipinski definition) is 3. The number of carbonyl (C=O) groups is 2. The number of carbonyl (C=O) groups excluding carboxylic acids is 1. The normalized spacial score (nSPS) is 9.67. The Morgan fingerprint density at radius 3 is 2.43 bits per heavy atom. The molecule has 0 radical (unpaired) electrons. The van der Waals surface area contributed by atoms with E-state index in [-0.39, 0.29) is 17.9 Å². The van der Waals surface area contributed by atoms with E-state index in [0.29, 0.717) is 11.1 Å². The number of aliphatic carboxylic acids is 1. The molecule has 0 unspecified atom stereocenters. The minimum Gasteiger partial charge on any atom is -0.481 e. The summed E-state index contributed by atoms with van der Waals surface area (Å²) < 4.78 is 0. The van der Waals surface area contributed by atoms with Gasteiger partial charge in [0.05, 0.1) is 0 Å². The molecule has 0 bridgehead atoms. The third-order valence-electron chi connectivity index (χ3n) is 2.60. The Bertz CT molecular complexity index is 719. The van der Waals surface area contributed by atoms with Crippen molar-refractivity contribution in [3.63, 3.8) is 0 Å². The van der Waals surface area contributed by atoms with E-state index in [0.717, 1.165) is 11.1 Å². The van der Waals surface area contributed by atoms with E-state index in [2.05, 4.69) is 10.3 Å². The lowest BCUT2D eigenvalue weighted by Crippen LogP contribution is -2.09. The van der Waals surface area contributed by atoms with E-state index in [4.69, 9.17) is 5.11 Å². The number of aromatic amines is 1. The molecule has 3 N–H and O–H groups in total. The summed E-state index contributed by atoms with van der Waals surface area (Å²) in [6.07, 6.45) is 0.222. The monoisotopic (exact) mass is 290 g/mol. The maximum atomic E-state index is 11.7. The van der Waals surface area contributed by atoms with Gasteiger partial charge in [-0.25, -0.2) is 0 Å². The van der Waals surface area contributed by atoms with Crippen molar-refractivity contribution >= 4 is 28.3 Å². The number of amides is 1. The number of carboxylic acids is 1. The second-order valence-electron chi connectivity index (χ2n) is 4.51. The van der Waals surface area contributed by atoms with Crippen molar-refractivity contribution in [3.05, 3.63) is 40.3 Å². The zero-order chi connectivity index (χ0) is 16.0. The van der Waals surface area contributed by atoms with Crippen molar-refractivity contribution in [3.8, 4) is 0 Å². The first-order chi connectivity index (χ1) is 9.83. The molecule has 21 heavy (non-hydrogen) atoms. The van der Waals surface area contributed by atoms with Crippen LogP contribution in [-0.4, -0.2) is 22.0 Å². The average Bonchev–Trinajstić information content (AvgIpc) is 2.39. The van der Waals surface area contributed by atoms with E-state index in [1.807, 2.05) is 19.1 Å². The lowest BCUT2D eigenvalue weighted by molar-refractivity contribution is -0.136. The highest BCUT2D eigenvalue weighted by Crippen LogP contribution is 2.16. The fourth-order valence-corrected chi connectivity index (χ4v) is 1.68. The second-order valence-corrected chi connectivity index (χ2v) is 4.51. The van der Waals surface area contributed by atoms with Gasteiger partial charge < -0.3 is 15.4 Å². The van der Waals surface area contributed by atoms with Gasteiger partial charge in [-0.1, -0.05) is 13.0 Å². The quantitative estimate of drug-likeness (QED) is 0.790. The highest BCUT2D eigenvalue weighted by molar-refractivity contribution is 5.92. The predicted molar refractivity (Wildman–Crippen MR) is 81.5 cm³/mol. The minimum atomic E-state index is -0.745. The van der Waals surface area contributed by atoms with E-state index in [1.54, 1.807) is 19.1 Å². The summed E-state index contributed by atoms with van der Waals surface area (Å²) in [7, 11) is 0. The molecule has 6 heteroatoms. The molecule has 0 aliphatic heterocycles. The predicted octanol–water partition coefficient (Wildman–Crippen LogP) is 2.28. The maximum absolute atomic E-state index is 11.7. The lowest BCUT2D eigenvalue weighted by Gasteiger charge is -2.04. The first-order valence-electron chi connectivity index (χ1n) is 6.46. The Kier molecular flexibility index (Phi) is 5.66. The first kappa shape index (κ1) is 16.4. The molecule has 1 amide bonds. The summed E-state index contributed by atoms with van der Waals surface area (Å²) in [5.41, 5.74) is 1.32. The van der Waals surface area contributed by atoms with Gasteiger partial charge in [-0.15, -0.1) is 0 Å². The van der Waals surface area contributed by atoms with E-state index in [1.165, 1.54) is 6.92 Å². The number of benzene rings is 1. The van der Waals surface area contributed by atoms with Crippen LogP contribution in [0.4, 0.5) is 5.69 Å². The minimum absolute atomic E-state index is 0.137. The van der Waals surface area contributed by atoms with Crippen molar-refractivity contribution in [2.75, 3.05) is 5.32 Å². The number of carboxylic acid groups (broad SMARTS) is 1. The summed E-state index contributed by atoms with van der Waals surface area (Å²) in [4.78, 5) is 34.7. The Balaban J connectivity index is 0.000000383. The first-order valence-corrected chi connectivity index (χ1v) is 6.46. The van der Waals surface area contributed by atoms with Crippen molar-refractivity contribution in [1.29, 1.82) is 0 Å². The highest BCUT2D eigenvalue weighted by atomic mass is 16.4. The molecule has 0 aliphatic carbocycles. The van der Waals surface area contributed by atoms with Gasteiger partial charge in [-0.2, -0.15) is 0 Å². The Morgan fingerprint density at radius 2 is 1.90 bits per heavy atom. The fourth-order valence-electron chi connectivity index (χ4n) is 1.68. The van der Waals surface area contributed by atoms with Crippen molar-refractivity contribution < 1.29 is 14.7 Å². The maximum Gasteiger partial charge on any atom is 0.303 e. The van der Waals surface area contributed by atoms with Crippen molar-refractivity contribution in [2.45, 2.75) is 27.2 Å². The van der Waals surface area contributed by atoms with E-state index < -0.39 is 5.97 Å². The number of fused-ring (bicyclic) bond motifs is 1. The summed E-state index contributed by atoms with van der Waals surface area (Å²) in [6, 6.07) is 7.18. The standard InChI is InChI=1S/C12H12N2O2.C3H6O2/c1-7-5-9-3-4-10(14-8(2)15)6-11(9)12(16)13-7;1-2-3(4)5/h3-6H,1-2H3,(H,13,16)(H,14,15);2H2,1H3,(H,4,5). The summed E-state index contributed by atoms with van der Waals surface area (Å²) in [5, 5.41) is 11.8. The topological polar surface area (TPSA) is 99.3 Å². The van der Waals surface area contributed by atoms with Gasteiger partial charge in [0.25, 0.3) is 5.56 Å². The number of aryl methyl sites for hydroxylation is 1. The van der Waals surface area contributed by atoms with E-state index in [9.17, 15) is 14.4 Å². The van der Waals surface area contributed by atoms with E-state index >= 15 is 0 Å². The van der Waals surface area contributed by atoms with Gasteiger partial charge in [0.1, 0.15) is 0 Å². The SMILES string of the molecule is CC(=O)Nc1ccc2cc(C)[nH]c(=O)c2c1.CCC(=O)O. The smallest absolute Gasteiger partial charge is 0.303 e. The molecule has 2 aromatic rings. The number of nitrogens with one attached hydrogen (secondary N) is 2. The molecule has 0 fully saturated rings. The number of H-pyrrole nitrogens is 1. The summed E-state index contributed by atoms with van der Waals surface area (Å²) in [5.74, 6) is -0.895. The Hall–Kier alpha value is -2.63. The molecule has 0 saturated carbocycles. The average molecular weight is 290 g/mol. The molecule has 112 valence electrons. The number of aromatic nitrogens is 1. The molecular weight excluding hydrogens is 272 g/mol. The number of anilines is 1. The summed E-state index contributed by atoms with van der Waals surface area (Å²) >= 11 is 0. The van der Waals surface area contributed by atoms with Crippen LogP contribution < -0.4 is 10.9 Å². The molecule has 2 rings (SSSR count). The van der Waals surface area contributed by atoms with Crippen LogP contribution in [0.3, 0.4) is 0 Å². The van der Waals surface area contributed by atoms with Crippen LogP contribution in [0.2, 0.25) is 0 Å². The highest BCUT2D eigenvalue weighted by Gasteiger charge is 2.02. The number of rotatable bonds is 2. The van der Waals surface area contributed by atoms with Crippen LogP contribution in [0.25, 0.3) is 10.8 Å². The lowest BCUT2D eigenvalue weighted by atomic mass is 10.1. The van der Waals surface area contributed by atoms with Crippen LogP contribution in [0.1, 0.15) is 26.0 Å². The van der Waals surface area contributed by atoms with Gasteiger partial charge >= 0.3 is 5.97 Å². The Labute approximate surface area is 121 Å². The van der Waals surface area contributed by atoms with Gasteiger partial charge in [0.15, 0.2) is 0 Å². The zero-order valence-electron chi connectivity index (χ0n) is 12.2. The molecule has 1 aromatic heterocycles. The molecule has 1 heterocycles. The van der Waals surface area contributed by atoms with Crippen LogP contribution in [-0.2, 0) is 9.59 Å². The molecule has 0 saturated heterocycles. The van der Waals surface area contributed by atoms with Gasteiger partial charge in [0, 0.05) is 30.1 Å². The summed E-state index contributed by atoms with van der Waals surface area (Å²) in [6.45, 7) is 4.87. The third kappa shape index (κ3) is 5.10. The second kappa shape index (κ2) is 7.23. The van der Waals surface area contributed by atoms with Crippen LogP contribution in [0, 0.1) is 6.92 Å².